The first-order chi connectivity index (χ1) is 9.58. The molecule has 0 fully saturated rings. The molecular weight excluding hydrogens is 280 g/mol. The third kappa shape index (κ3) is 3.66. The Morgan fingerprint density at radius 3 is 2.60 bits per heavy atom. The van der Waals surface area contributed by atoms with Gasteiger partial charge in [-0.25, -0.2) is 15.6 Å². The van der Waals surface area contributed by atoms with Crippen LogP contribution in [0.3, 0.4) is 0 Å². The largest absolute Gasteiger partial charge is 0.347 e. The van der Waals surface area contributed by atoms with Crippen LogP contribution in [0.1, 0.15) is 11.1 Å². The van der Waals surface area contributed by atoms with Gasteiger partial charge in [0, 0.05) is 6.20 Å². The maximum atomic E-state index is 11.6. The molecule has 1 aromatic carbocycles. The summed E-state index contributed by atoms with van der Waals surface area (Å²) in [6.45, 7) is 0.371. The summed E-state index contributed by atoms with van der Waals surface area (Å²) in [4.78, 5) is 26.3. The molecule has 0 atom stereocenters. The van der Waals surface area contributed by atoms with Crippen molar-refractivity contribution in [3.8, 4) is 0 Å². The molecule has 2 rings (SSSR count). The van der Waals surface area contributed by atoms with Gasteiger partial charge in [-0.05, 0) is 11.1 Å². The Bertz CT molecular complexity index is 667. The molecule has 0 bridgehead atoms. The third-order valence-electron chi connectivity index (χ3n) is 2.72. The van der Waals surface area contributed by atoms with Crippen LogP contribution in [-0.4, -0.2) is 15.5 Å². The van der Waals surface area contributed by atoms with Crippen LogP contribution < -0.4 is 17.0 Å². The monoisotopic (exact) mass is 292 g/mol. The lowest BCUT2D eigenvalue weighted by molar-refractivity contribution is -0.120. The molecule has 104 valence electrons. The summed E-state index contributed by atoms with van der Waals surface area (Å²) >= 11 is 5.80. The molecule has 20 heavy (non-hydrogen) atoms. The highest BCUT2D eigenvalue weighted by Gasteiger charge is 2.03. The Labute approximate surface area is 120 Å². The highest BCUT2D eigenvalue weighted by Crippen LogP contribution is 2.08. The number of hydrogen-bond acceptors (Lipinski definition) is 4. The first-order valence-corrected chi connectivity index (χ1v) is 6.25. The SMILES string of the molecule is NNC(=O)Cc1ccc(Cn2cc(Cl)cnc2=O)cc1. The van der Waals surface area contributed by atoms with Gasteiger partial charge in [-0.15, -0.1) is 0 Å². The number of rotatable bonds is 4. The van der Waals surface area contributed by atoms with Gasteiger partial charge in [0.25, 0.3) is 0 Å². The van der Waals surface area contributed by atoms with Gasteiger partial charge in [0.2, 0.25) is 5.91 Å². The average Bonchev–Trinajstić information content (AvgIpc) is 2.45. The molecule has 3 N–H and O–H groups in total. The Morgan fingerprint density at radius 2 is 1.95 bits per heavy atom. The van der Waals surface area contributed by atoms with E-state index >= 15 is 0 Å². The number of nitrogens with two attached hydrogens (primary N) is 1. The first kappa shape index (κ1) is 14.2. The van der Waals surface area contributed by atoms with E-state index in [1.54, 1.807) is 0 Å². The topological polar surface area (TPSA) is 90.0 Å². The fraction of sp³-hybridized carbons (Fsp3) is 0.154. The fourth-order valence-electron chi connectivity index (χ4n) is 1.74. The second-order valence-corrected chi connectivity index (χ2v) is 4.68. The summed E-state index contributed by atoms with van der Waals surface area (Å²) in [5, 5.41) is 0.404. The third-order valence-corrected chi connectivity index (χ3v) is 2.92. The number of halogens is 1. The summed E-state index contributed by atoms with van der Waals surface area (Å²) in [6.07, 6.45) is 3.07. The van der Waals surface area contributed by atoms with Gasteiger partial charge in [0.15, 0.2) is 0 Å². The van der Waals surface area contributed by atoms with Crippen molar-refractivity contribution in [3.05, 3.63) is 63.3 Å². The molecule has 0 spiro atoms. The Hall–Kier alpha value is -2.18. The predicted octanol–water partition coefficient (Wildman–Crippen LogP) is 0.477. The molecule has 0 aliphatic rings. The van der Waals surface area contributed by atoms with E-state index in [-0.39, 0.29) is 18.0 Å². The molecule has 1 aromatic heterocycles. The van der Waals surface area contributed by atoms with Crippen molar-refractivity contribution >= 4 is 17.5 Å². The molecule has 6 nitrogen and oxygen atoms in total. The summed E-state index contributed by atoms with van der Waals surface area (Å²) in [7, 11) is 0. The number of carbonyl (C=O) groups excluding carboxylic acids is 1. The van der Waals surface area contributed by atoms with Crippen molar-refractivity contribution in [3.63, 3.8) is 0 Å². The van der Waals surface area contributed by atoms with E-state index in [4.69, 9.17) is 17.4 Å². The van der Waals surface area contributed by atoms with Gasteiger partial charge in [0.05, 0.1) is 24.2 Å². The van der Waals surface area contributed by atoms with Gasteiger partial charge in [-0.3, -0.25) is 14.8 Å². The number of nitrogens with one attached hydrogen (secondary N) is 1. The van der Waals surface area contributed by atoms with Gasteiger partial charge in [-0.1, -0.05) is 35.9 Å². The van der Waals surface area contributed by atoms with Crippen molar-refractivity contribution < 1.29 is 4.79 Å². The second-order valence-electron chi connectivity index (χ2n) is 4.24. The van der Waals surface area contributed by atoms with Crippen molar-refractivity contribution in [2.75, 3.05) is 0 Å². The van der Waals surface area contributed by atoms with Crippen LogP contribution in [0.4, 0.5) is 0 Å². The summed E-state index contributed by atoms with van der Waals surface area (Å²) < 4.78 is 1.42. The number of hydrazine groups is 1. The van der Waals surface area contributed by atoms with Crippen LogP contribution >= 0.6 is 11.6 Å². The van der Waals surface area contributed by atoms with Crippen molar-refractivity contribution in [1.82, 2.24) is 15.0 Å². The van der Waals surface area contributed by atoms with E-state index in [1.807, 2.05) is 24.3 Å². The van der Waals surface area contributed by atoms with Gasteiger partial charge < -0.3 is 0 Å². The lowest BCUT2D eigenvalue weighted by Crippen LogP contribution is -2.31. The zero-order chi connectivity index (χ0) is 14.5. The molecule has 0 aliphatic carbocycles. The van der Waals surface area contributed by atoms with Crippen LogP contribution in [-0.2, 0) is 17.8 Å². The van der Waals surface area contributed by atoms with Crippen LogP contribution in [0, 0.1) is 0 Å². The minimum atomic E-state index is -0.360. The van der Waals surface area contributed by atoms with Crippen molar-refractivity contribution in [1.29, 1.82) is 0 Å². The summed E-state index contributed by atoms with van der Waals surface area (Å²) in [5.41, 5.74) is 3.47. The van der Waals surface area contributed by atoms with Crippen LogP contribution in [0.2, 0.25) is 5.02 Å². The van der Waals surface area contributed by atoms with E-state index in [1.165, 1.54) is 17.0 Å². The minimum Gasteiger partial charge on any atom is -0.294 e. The zero-order valence-corrected chi connectivity index (χ0v) is 11.3. The van der Waals surface area contributed by atoms with Crippen LogP contribution in [0.5, 0.6) is 0 Å². The molecule has 0 unspecified atom stereocenters. The van der Waals surface area contributed by atoms with Gasteiger partial charge >= 0.3 is 5.69 Å². The first-order valence-electron chi connectivity index (χ1n) is 5.88. The molecule has 0 aliphatic heterocycles. The fourth-order valence-corrected chi connectivity index (χ4v) is 1.90. The van der Waals surface area contributed by atoms with E-state index in [0.717, 1.165) is 11.1 Å². The van der Waals surface area contributed by atoms with Gasteiger partial charge in [-0.2, -0.15) is 0 Å². The molecule has 0 saturated heterocycles. The van der Waals surface area contributed by atoms with E-state index in [9.17, 15) is 9.59 Å². The lowest BCUT2D eigenvalue weighted by Gasteiger charge is -2.06. The van der Waals surface area contributed by atoms with Crippen molar-refractivity contribution in [2.24, 2.45) is 5.84 Å². The second kappa shape index (κ2) is 6.31. The molecule has 2 aromatic rings. The van der Waals surface area contributed by atoms with Gasteiger partial charge in [0.1, 0.15) is 0 Å². The maximum Gasteiger partial charge on any atom is 0.347 e. The number of benzene rings is 1. The number of amides is 1. The minimum absolute atomic E-state index is 0.218. The Morgan fingerprint density at radius 1 is 1.30 bits per heavy atom. The molecular formula is C13H13ClN4O2. The molecule has 0 saturated carbocycles. The lowest BCUT2D eigenvalue weighted by atomic mass is 10.1. The molecule has 0 radical (unpaired) electrons. The number of nitrogens with zero attached hydrogens (tertiary/aromatic N) is 2. The van der Waals surface area contributed by atoms with Crippen LogP contribution in [0.25, 0.3) is 0 Å². The molecule has 7 heteroatoms. The number of hydrogen-bond donors (Lipinski definition) is 2. The normalized spacial score (nSPS) is 10.3. The maximum absolute atomic E-state index is 11.6. The van der Waals surface area contributed by atoms with E-state index in [0.29, 0.717) is 11.6 Å². The molecule has 1 amide bonds. The van der Waals surface area contributed by atoms with E-state index in [2.05, 4.69) is 10.4 Å². The number of carbonyl (C=O) groups is 1. The zero-order valence-electron chi connectivity index (χ0n) is 10.5. The smallest absolute Gasteiger partial charge is 0.294 e. The summed E-state index contributed by atoms with van der Waals surface area (Å²) in [6, 6.07) is 7.31. The highest BCUT2D eigenvalue weighted by atomic mass is 35.5. The van der Waals surface area contributed by atoms with Crippen molar-refractivity contribution in [2.45, 2.75) is 13.0 Å². The van der Waals surface area contributed by atoms with E-state index < -0.39 is 0 Å². The average molecular weight is 293 g/mol. The Kier molecular flexibility index (Phi) is 4.49. The highest BCUT2D eigenvalue weighted by molar-refractivity contribution is 6.30. The summed E-state index contributed by atoms with van der Waals surface area (Å²) in [5.74, 6) is 4.77. The standard InChI is InChI=1S/C13H13ClN4O2/c14-11-6-16-13(20)18(8-11)7-10-3-1-9(2-4-10)5-12(19)17-15/h1-4,6,8H,5,7,15H2,(H,17,19). The quantitative estimate of drug-likeness (QED) is 0.487. The van der Waals surface area contributed by atoms with Crippen LogP contribution in [0.15, 0.2) is 41.5 Å². The predicted molar refractivity (Wildman–Crippen MR) is 75.1 cm³/mol. The molecule has 1 heterocycles. The number of aromatic nitrogens is 2. The Balaban J connectivity index is 2.12.